The van der Waals surface area contributed by atoms with Crippen molar-refractivity contribution in [3.8, 4) is 0 Å². The Balaban J connectivity index is 2.61. The maximum atomic E-state index is 5.64. The van der Waals surface area contributed by atoms with Gasteiger partial charge in [0.2, 0.25) is 0 Å². The summed E-state index contributed by atoms with van der Waals surface area (Å²) in [7, 11) is 0. The van der Waals surface area contributed by atoms with Gasteiger partial charge in [0.05, 0.1) is 0 Å². The van der Waals surface area contributed by atoms with E-state index in [1.165, 1.54) is 5.56 Å². The summed E-state index contributed by atoms with van der Waals surface area (Å²) >= 11 is 3.45. The molecule has 2 heteroatoms. The van der Waals surface area contributed by atoms with E-state index in [1.54, 1.807) is 0 Å². The van der Waals surface area contributed by atoms with Crippen LogP contribution in [0, 0.1) is 11.8 Å². The zero-order chi connectivity index (χ0) is 11.3. The van der Waals surface area contributed by atoms with E-state index in [4.69, 9.17) is 5.73 Å². The van der Waals surface area contributed by atoms with E-state index >= 15 is 0 Å². The molecule has 84 valence electrons. The second-order valence-corrected chi connectivity index (χ2v) is 5.33. The highest BCUT2D eigenvalue weighted by Gasteiger charge is 2.12. The molecule has 1 aromatic rings. The molecule has 0 saturated heterocycles. The first-order valence-electron chi connectivity index (χ1n) is 5.58. The van der Waals surface area contributed by atoms with Gasteiger partial charge in [-0.05, 0) is 48.9 Å². The molecule has 0 aliphatic rings. The van der Waals surface area contributed by atoms with Crippen molar-refractivity contribution in [3.05, 3.63) is 34.3 Å². The highest BCUT2D eigenvalue weighted by molar-refractivity contribution is 9.10. The lowest BCUT2D eigenvalue weighted by Crippen LogP contribution is -2.16. The number of rotatable bonds is 5. The smallest absolute Gasteiger partial charge is 0.0175 e. The quantitative estimate of drug-likeness (QED) is 0.869. The number of halogens is 1. The zero-order valence-corrected chi connectivity index (χ0v) is 11.1. The second-order valence-electron chi connectivity index (χ2n) is 4.41. The highest BCUT2D eigenvalue weighted by atomic mass is 79.9. The fourth-order valence-corrected chi connectivity index (χ4v) is 2.07. The minimum Gasteiger partial charge on any atom is -0.330 e. The van der Waals surface area contributed by atoms with Gasteiger partial charge in [-0.15, -0.1) is 0 Å². The predicted molar refractivity (Wildman–Crippen MR) is 69.8 cm³/mol. The van der Waals surface area contributed by atoms with E-state index in [9.17, 15) is 0 Å². The Bertz CT molecular complexity index is 279. The third-order valence-electron chi connectivity index (χ3n) is 2.89. The third-order valence-corrected chi connectivity index (χ3v) is 3.42. The second kappa shape index (κ2) is 6.29. The molecular weight excluding hydrogens is 250 g/mol. The van der Waals surface area contributed by atoms with Crippen molar-refractivity contribution in [1.82, 2.24) is 0 Å². The Hall–Kier alpha value is -0.340. The van der Waals surface area contributed by atoms with Crippen LogP contribution < -0.4 is 5.73 Å². The Labute approximate surface area is 101 Å². The van der Waals surface area contributed by atoms with Crippen LogP contribution in [0.25, 0.3) is 0 Å². The molecule has 1 nitrogen and oxygen atoms in total. The molecule has 0 amide bonds. The lowest BCUT2D eigenvalue weighted by atomic mass is 9.87. The standard InChI is InChI=1S/C13H20BrN/c1-10(2)12(7-8-15)9-11-3-5-13(14)6-4-11/h3-6,10,12H,7-9,15H2,1-2H3. The first-order chi connectivity index (χ1) is 7.13. The largest absolute Gasteiger partial charge is 0.330 e. The molecule has 0 heterocycles. The molecule has 0 spiro atoms. The molecule has 0 aromatic heterocycles. The Kier molecular flexibility index (Phi) is 5.34. The summed E-state index contributed by atoms with van der Waals surface area (Å²) in [5.41, 5.74) is 7.05. The maximum absolute atomic E-state index is 5.64. The minimum absolute atomic E-state index is 0.705. The predicted octanol–water partition coefficient (Wildman–Crippen LogP) is 3.61. The van der Waals surface area contributed by atoms with E-state index in [0.29, 0.717) is 11.8 Å². The van der Waals surface area contributed by atoms with Gasteiger partial charge in [0.25, 0.3) is 0 Å². The van der Waals surface area contributed by atoms with E-state index in [2.05, 4.69) is 54.0 Å². The summed E-state index contributed by atoms with van der Waals surface area (Å²) in [4.78, 5) is 0. The van der Waals surface area contributed by atoms with Crippen LogP contribution in [0.4, 0.5) is 0 Å². The van der Waals surface area contributed by atoms with Crippen molar-refractivity contribution in [1.29, 1.82) is 0 Å². The van der Waals surface area contributed by atoms with Gasteiger partial charge in [-0.3, -0.25) is 0 Å². The molecule has 1 aromatic carbocycles. The molecule has 15 heavy (non-hydrogen) atoms. The lowest BCUT2D eigenvalue weighted by Gasteiger charge is -2.20. The van der Waals surface area contributed by atoms with Gasteiger partial charge in [0.1, 0.15) is 0 Å². The first kappa shape index (κ1) is 12.7. The van der Waals surface area contributed by atoms with Crippen molar-refractivity contribution in [2.75, 3.05) is 6.54 Å². The van der Waals surface area contributed by atoms with Crippen molar-refractivity contribution < 1.29 is 0 Å². The van der Waals surface area contributed by atoms with Gasteiger partial charge in [0.15, 0.2) is 0 Å². The van der Waals surface area contributed by atoms with Crippen LogP contribution in [0.2, 0.25) is 0 Å². The van der Waals surface area contributed by atoms with E-state index in [1.807, 2.05) is 0 Å². The average molecular weight is 270 g/mol. The van der Waals surface area contributed by atoms with Gasteiger partial charge < -0.3 is 5.73 Å². The number of nitrogens with two attached hydrogens (primary N) is 1. The van der Waals surface area contributed by atoms with Crippen molar-refractivity contribution in [2.24, 2.45) is 17.6 Å². The van der Waals surface area contributed by atoms with Gasteiger partial charge in [-0.1, -0.05) is 41.9 Å². The average Bonchev–Trinajstić information content (AvgIpc) is 2.20. The maximum Gasteiger partial charge on any atom is 0.0175 e. The zero-order valence-electron chi connectivity index (χ0n) is 9.54. The van der Waals surface area contributed by atoms with Crippen LogP contribution in [0.1, 0.15) is 25.8 Å². The monoisotopic (exact) mass is 269 g/mol. The van der Waals surface area contributed by atoms with Crippen LogP contribution in [0.5, 0.6) is 0 Å². The summed E-state index contributed by atoms with van der Waals surface area (Å²) in [6, 6.07) is 8.59. The van der Waals surface area contributed by atoms with Crippen LogP contribution in [-0.2, 0) is 6.42 Å². The minimum atomic E-state index is 0.705. The van der Waals surface area contributed by atoms with Gasteiger partial charge in [-0.25, -0.2) is 0 Å². The summed E-state index contributed by atoms with van der Waals surface area (Å²) in [5.74, 6) is 1.41. The molecule has 0 bridgehead atoms. The Morgan fingerprint density at radius 1 is 1.20 bits per heavy atom. The van der Waals surface area contributed by atoms with Crippen LogP contribution >= 0.6 is 15.9 Å². The Morgan fingerprint density at radius 2 is 1.80 bits per heavy atom. The van der Waals surface area contributed by atoms with Gasteiger partial charge in [-0.2, -0.15) is 0 Å². The molecule has 1 atom stereocenters. The molecular formula is C13H20BrN. The van der Waals surface area contributed by atoms with Crippen LogP contribution in [-0.4, -0.2) is 6.54 Å². The number of hydrogen-bond acceptors (Lipinski definition) is 1. The summed E-state index contributed by atoms with van der Waals surface area (Å²) in [6.45, 7) is 5.34. The molecule has 0 saturated carbocycles. The molecule has 2 N–H and O–H groups in total. The molecule has 0 aliphatic carbocycles. The van der Waals surface area contributed by atoms with Gasteiger partial charge >= 0.3 is 0 Å². The lowest BCUT2D eigenvalue weighted by molar-refractivity contribution is 0.362. The molecule has 1 unspecified atom stereocenters. The summed E-state index contributed by atoms with van der Waals surface area (Å²) in [6.07, 6.45) is 2.26. The molecule has 0 fully saturated rings. The molecule has 0 radical (unpaired) electrons. The van der Waals surface area contributed by atoms with E-state index in [0.717, 1.165) is 23.9 Å². The topological polar surface area (TPSA) is 26.0 Å². The first-order valence-corrected chi connectivity index (χ1v) is 6.37. The summed E-state index contributed by atoms with van der Waals surface area (Å²) in [5, 5.41) is 0. The van der Waals surface area contributed by atoms with Gasteiger partial charge in [0, 0.05) is 4.47 Å². The molecule has 0 aliphatic heterocycles. The highest BCUT2D eigenvalue weighted by Crippen LogP contribution is 2.21. The number of benzene rings is 1. The fraction of sp³-hybridized carbons (Fsp3) is 0.538. The number of hydrogen-bond donors (Lipinski definition) is 1. The van der Waals surface area contributed by atoms with E-state index < -0.39 is 0 Å². The summed E-state index contributed by atoms with van der Waals surface area (Å²) < 4.78 is 1.14. The fourth-order valence-electron chi connectivity index (χ4n) is 1.81. The van der Waals surface area contributed by atoms with Crippen molar-refractivity contribution >= 4 is 15.9 Å². The van der Waals surface area contributed by atoms with Crippen molar-refractivity contribution in [2.45, 2.75) is 26.7 Å². The Morgan fingerprint density at radius 3 is 2.27 bits per heavy atom. The van der Waals surface area contributed by atoms with Crippen LogP contribution in [0.15, 0.2) is 28.7 Å². The van der Waals surface area contributed by atoms with Crippen molar-refractivity contribution in [3.63, 3.8) is 0 Å². The van der Waals surface area contributed by atoms with E-state index in [-0.39, 0.29) is 0 Å². The third kappa shape index (κ3) is 4.35. The normalized spacial score (nSPS) is 13.1. The molecule has 1 rings (SSSR count). The SMILES string of the molecule is CC(C)C(CCN)Cc1ccc(Br)cc1. The van der Waals surface area contributed by atoms with Crippen LogP contribution in [0.3, 0.4) is 0 Å².